The van der Waals surface area contributed by atoms with Crippen LogP contribution in [-0.2, 0) is 118 Å². The highest BCUT2D eigenvalue weighted by Crippen LogP contribution is 2.71. The predicted octanol–water partition coefficient (Wildman–Crippen LogP) is -14.6. The van der Waals surface area contributed by atoms with Gasteiger partial charge in [0.15, 0.2) is 66.2 Å². The van der Waals surface area contributed by atoms with Crippen LogP contribution in [0.3, 0.4) is 0 Å². The van der Waals surface area contributed by atoms with Gasteiger partial charge in [0.25, 0.3) is 50.2 Å². The maximum absolute atomic E-state index is 12.4. The summed E-state index contributed by atoms with van der Waals surface area (Å²) in [6.45, 7) is -4.56. The van der Waals surface area contributed by atoms with Gasteiger partial charge in [-0.2, -0.15) is 9.97 Å². The molecule has 14 rings (SSSR count). The molecule has 0 bridgehead atoms. The van der Waals surface area contributed by atoms with Crippen LogP contribution in [0.2, 0.25) is 0 Å². The summed E-state index contributed by atoms with van der Waals surface area (Å²) in [5.74, 6) is -1.99. The molecule has 149 heavy (non-hydrogen) atoms. The molecule has 6 aliphatic heterocycles. The number of phosphoric acid groups is 8. The van der Waals surface area contributed by atoms with Crippen LogP contribution in [0.4, 0.5) is 23.3 Å². The molecule has 14 heterocycles. The first kappa shape index (κ1) is 124. The Kier molecular flexibility index (Phi) is 43.3. The molecule has 8 aromatic heterocycles. The number of aromatic amines is 2. The zero-order chi connectivity index (χ0) is 114. The SMILES string of the molecule is Nc1ccn([C@@H]2O[C@H](COP(=O)([O-])OP(=O)([O-])O)[C@H](O)C2O)c(=O)n1.Nc1ccn([C@@H]2O[C@H](COP(=O)([O-])OP(=O)([O-])OP(=O)([O-])O)[C@H](O)C2O)c(=O)n1.Nc1ncnc2c1ncn2[C@@H]1O[C@H](CO)[C@@H](O)[C@H]1O.Nc1ncnc2c1ncn2[C@@H]1O[C@H](COP(=O)(O)O)[C@H](O)C1O.O=c1ccn([C@@H]2O[C@H](COP(=O)(O)OP(=O)(O)CP(=O)(O)OP(=O)(O)OC[C@H]3O[C@@H](n4ccc(=O)[nH]c4=O)C(O)[C@H]3O)C(O)C2O)c(=O)[nH]1.[2H]CP.[3H]CP. The number of nitrogens with two attached hydrogens (primary N) is 4. The molecular weight excluding hydrogens is 2290 g/mol. The number of anilines is 4. The fourth-order valence-electron chi connectivity index (χ4n) is 13.1. The minimum atomic E-state index is -6.09. The first-order chi connectivity index (χ1) is 69.7. The molecule has 6 fully saturated rings. The number of phosphoric ester groups is 5. The summed E-state index contributed by atoms with van der Waals surface area (Å²) in [5, 5.41) is 129. The van der Waals surface area contributed by atoms with Gasteiger partial charge in [-0.05, 0) is 12.1 Å². The number of nitrogen functional groups attached to an aromatic ring is 4. The van der Waals surface area contributed by atoms with E-state index >= 15 is 0 Å². The number of imidazole rings is 2. The van der Waals surface area contributed by atoms with E-state index in [4.69, 9.17) is 78.8 Å². The van der Waals surface area contributed by atoms with Gasteiger partial charge in [0, 0.05) is 39.7 Å². The van der Waals surface area contributed by atoms with Crippen LogP contribution in [0.1, 0.15) is 40.1 Å². The fourth-order valence-corrected chi connectivity index (χ4v) is 24.7. The molecule has 35 atom stereocenters. The van der Waals surface area contributed by atoms with E-state index < -0.39 is 304 Å². The van der Waals surface area contributed by atoms with Crippen molar-refractivity contribution in [1.82, 2.24) is 77.2 Å². The van der Waals surface area contributed by atoms with E-state index in [1.165, 1.54) is 46.6 Å². The van der Waals surface area contributed by atoms with Gasteiger partial charge in [0.2, 0.25) is 0 Å². The number of ether oxygens (including phenoxy) is 6. The van der Waals surface area contributed by atoms with Crippen molar-refractivity contribution < 1.29 is 251 Å². The zero-order valence-electron chi connectivity index (χ0n) is 75.8. The number of hydrogen-bond donors (Lipinski definition) is 27. The van der Waals surface area contributed by atoms with Crippen LogP contribution in [0.5, 0.6) is 0 Å². The number of aromatic nitrogens is 16. The molecule has 0 amide bonds. The Labute approximate surface area is 832 Å². The number of aliphatic hydroxyl groups excluding tert-OH is 13. The third-order valence-corrected chi connectivity index (χ3v) is 33.2. The maximum Gasteiger partial charge on any atom is 0.479 e. The lowest BCUT2D eigenvalue weighted by molar-refractivity contribution is -0.251. The van der Waals surface area contributed by atoms with Gasteiger partial charge in [0.05, 0.1) is 52.3 Å². The first-order valence-corrected chi connectivity index (χ1v) is 56.8. The molecule has 840 valence electrons. The highest BCUT2D eigenvalue weighted by atomic mass is 31.3. The van der Waals surface area contributed by atoms with Crippen molar-refractivity contribution >= 4 is 142 Å². The summed E-state index contributed by atoms with van der Waals surface area (Å²) >= 11 is 0. The maximum atomic E-state index is 12.4. The summed E-state index contributed by atoms with van der Waals surface area (Å²) in [7, 11) is -52.0. The number of hydrogen-bond acceptors (Lipinski definition) is 62. The summed E-state index contributed by atoms with van der Waals surface area (Å²) in [5.41, 5.74) is 17.7. The van der Waals surface area contributed by atoms with Gasteiger partial charge in [-0.1, -0.05) is 13.3 Å². The number of H-pyrrole nitrogens is 2. The van der Waals surface area contributed by atoms with Gasteiger partial charge in [-0.15, -0.1) is 18.5 Å². The van der Waals surface area contributed by atoms with Crippen LogP contribution < -0.4 is 81.3 Å². The van der Waals surface area contributed by atoms with Crippen LogP contribution in [0.25, 0.3) is 22.3 Å². The van der Waals surface area contributed by atoms with Crippen molar-refractivity contribution in [3.05, 3.63) is 137 Å². The Bertz CT molecular complexity index is 6750. The standard InChI is InChI=1S/C19H28N4O22P4.C10H14N5O7P.C10H13N5O4.C9H16N3O14P3.C9H15N3O11P2.2CH5P/c24-10-1-3-22(18(30)20-10)16-14(28)12(26)8(42-16)5-40-48(36,37)44-46(32,33)7-47(34,35)45-49(38,39)41-6-9-13(27)15(29)17(43-9)23-4-2-11(25)21-19(23)31;11-8-5-9(13-2-12-8)15(3-14-5)10-7(17)6(16)4(22-10)1-21-23(18,19)20;11-8-5-9(13-2-12-8)15(3-14-5)10-7(18)6(17)4(1-16)19-10;10-5-1-2-12(9(15)11-5)8-7(14)6(13)4(24-8)3-23-28(19,20)26-29(21,22)25-27(16,17)18;10-5-1-2-12(9(15)11-5)8-7(14)6(13)4(22-8)3-21-25(19,20)23-24(16,17)18;2*1-2/h1-4,8-9,12-17,26-29H,5-7H2,(H,32,33)(H,34,35)(H,36,37)(H,38,39)(H,20,24,30)(H,21,25,31);2-4,6-7,10,16-17H,1H2,(H2,11,12,13)(H2,18,19,20);2-4,6-7,10,16-18H,1H2,(H2,11,12,13);1-2,4,6-8,13-14H,3H2,(H,19,20)(H,21,22)(H2,10,11,15)(H2,16,17,18);1-2,4,6-8,13-14H,3H2,(H,19,20)(H2,10,11,15)(H2,16,17,18);2*2H2,1H3/p-5/t8-,9-,12+,13?,14?,15?,16-,17-;4-,6+,7?,10-;4-,6-,7-,10-;2*4-,6+,7?,8-;;/m11111../s1/i;;;;;1T;1D. The summed E-state index contributed by atoms with van der Waals surface area (Å²) in [6, 6.07) is 4.16. The Morgan fingerprint density at radius 1 is 0.396 bits per heavy atom. The lowest BCUT2D eigenvalue weighted by atomic mass is 10.1. The van der Waals surface area contributed by atoms with E-state index in [-0.39, 0.29) is 28.9 Å². The molecule has 78 nitrogen and oxygen atoms in total. The molecule has 90 heteroatoms. The van der Waals surface area contributed by atoms with Crippen molar-refractivity contribution in [2.24, 2.45) is 0 Å². The molecule has 31 N–H and O–H groups in total. The van der Waals surface area contributed by atoms with Crippen LogP contribution >= 0.6 is 96.3 Å². The summed E-state index contributed by atoms with van der Waals surface area (Å²) in [6.07, 6.45) is -27.0. The number of nitrogens with zero attached hydrogens (tertiary/aromatic N) is 14. The van der Waals surface area contributed by atoms with Gasteiger partial charge in [-0.3, -0.25) is 92.5 Å². The second-order valence-corrected chi connectivity index (χ2v) is 45.4. The zero-order valence-corrected chi connectivity index (χ0v) is 85.1. The Balaban J connectivity index is 0.000000236. The van der Waals surface area contributed by atoms with E-state index in [0.717, 1.165) is 46.1 Å². The van der Waals surface area contributed by atoms with Crippen molar-refractivity contribution in [3.8, 4) is 0 Å². The molecule has 17 unspecified atom stereocenters. The van der Waals surface area contributed by atoms with Crippen molar-refractivity contribution in [3.63, 3.8) is 0 Å². The van der Waals surface area contributed by atoms with Crippen LogP contribution in [0, 0.1) is 0 Å². The van der Waals surface area contributed by atoms with Crippen molar-refractivity contribution in [2.45, 2.75) is 147 Å². The fraction of sp³-hybridized carbons (Fsp3) is 0.559. The van der Waals surface area contributed by atoms with E-state index in [1.807, 2.05) is 9.97 Å². The average Bonchev–Trinajstić information content (AvgIpc) is 1.61. The average molecular weight is 2380 g/mol. The molecule has 6 aliphatic rings. The minimum absolute atomic E-state index is 0.0929. The molecule has 0 spiro atoms. The topological polar surface area (TPSA) is 1230 Å². The monoisotopic (exact) mass is 2380 g/mol. The van der Waals surface area contributed by atoms with E-state index in [0.29, 0.717) is 39.1 Å². The molecule has 0 saturated carbocycles. The number of nitrogens with one attached hydrogen (secondary N) is 2. The normalized spacial score (nSPS) is 30.5. The van der Waals surface area contributed by atoms with Crippen molar-refractivity contribution in [1.29, 1.82) is 0 Å². The van der Waals surface area contributed by atoms with E-state index in [1.54, 1.807) is 0 Å². The quantitative estimate of drug-likeness (QED) is 0.0167. The second-order valence-electron chi connectivity index (χ2n) is 29.8. The minimum Gasteiger partial charge on any atom is -0.756 e. The van der Waals surface area contributed by atoms with Crippen LogP contribution in [0.15, 0.2) is 103 Å². The number of aliphatic hydroxyl groups is 13. The lowest BCUT2D eigenvalue weighted by Gasteiger charge is -2.33. The van der Waals surface area contributed by atoms with Gasteiger partial charge in [-0.25, -0.2) is 84.3 Å². The van der Waals surface area contributed by atoms with Gasteiger partial charge >= 0.3 is 61.4 Å². The molecule has 8 aromatic rings. The summed E-state index contributed by atoms with van der Waals surface area (Å²) < 4.78 is 204. The predicted molar refractivity (Wildman–Crippen MR) is 476 cm³/mol. The molecule has 0 aliphatic carbocycles. The number of fused-ring (bicyclic) bond motifs is 2. The Morgan fingerprint density at radius 2 is 0.671 bits per heavy atom. The largest absolute Gasteiger partial charge is 0.756 e. The molecule has 0 aromatic carbocycles. The third-order valence-electron chi connectivity index (χ3n) is 19.5. The molecule has 0 radical (unpaired) electrons. The van der Waals surface area contributed by atoms with Gasteiger partial charge in [0.1, 0.15) is 145 Å². The summed E-state index contributed by atoms with van der Waals surface area (Å²) in [4.78, 5) is 232. The first-order valence-electron chi connectivity index (χ1n) is 41.2. The molecular formula is C59H91N20O58P12-5. The smallest absolute Gasteiger partial charge is 0.479 e. The highest BCUT2D eigenvalue weighted by Gasteiger charge is 2.53. The Morgan fingerprint density at radius 3 is 0.966 bits per heavy atom. The van der Waals surface area contributed by atoms with E-state index in [2.05, 4.69) is 103 Å². The third kappa shape index (κ3) is 34.9. The highest BCUT2D eigenvalue weighted by molar-refractivity contribution is 7.76. The van der Waals surface area contributed by atoms with Crippen LogP contribution in [-0.4, -0.2) is 351 Å². The second kappa shape index (κ2) is 52.2. The van der Waals surface area contributed by atoms with Crippen molar-refractivity contribution in [2.75, 3.05) is 81.8 Å². The Hall–Kier alpha value is -7.10. The molecule has 6 saturated heterocycles. The van der Waals surface area contributed by atoms with E-state index in [9.17, 15) is 180 Å². The number of rotatable bonds is 34. The lowest BCUT2D eigenvalue weighted by Crippen LogP contribution is -2.37. The van der Waals surface area contributed by atoms with Gasteiger partial charge < -0.3 is 190 Å².